The predicted molar refractivity (Wildman–Crippen MR) is 60.7 cm³/mol. The van der Waals surface area contributed by atoms with Crippen LogP contribution >= 0.6 is 11.3 Å². The van der Waals surface area contributed by atoms with Crippen molar-refractivity contribution < 1.29 is 9.53 Å². The highest BCUT2D eigenvalue weighted by molar-refractivity contribution is 7.09. The third-order valence-corrected chi connectivity index (χ3v) is 3.73. The minimum atomic E-state index is 0.00287. The van der Waals surface area contributed by atoms with Crippen LogP contribution in [0.25, 0.3) is 0 Å². The largest absolute Gasteiger partial charge is 0.460 e. The summed E-state index contributed by atoms with van der Waals surface area (Å²) in [5.41, 5.74) is 0. The fourth-order valence-corrected chi connectivity index (χ4v) is 2.61. The summed E-state index contributed by atoms with van der Waals surface area (Å²) in [4.78, 5) is 12.8. The van der Waals surface area contributed by atoms with E-state index in [0.717, 1.165) is 17.7 Å². The van der Waals surface area contributed by atoms with Crippen LogP contribution in [0.2, 0.25) is 0 Å². The van der Waals surface area contributed by atoms with Crippen LogP contribution < -0.4 is 0 Å². The Morgan fingerprint density at radius 2 is 2.20 bits per heavy atom. The summed E-state index contributed by atoms with van der Waals surface area (Å²) in [7, 11) is 0. The molecule has 0 unspecified atom stereocenters. The zero-order valence-corrected chi connectivity index (χ0v) is 9.59. The highest BCUT2D eigenvalue weighted by Gasteiger charge is 2.22. The number of carbonyl (C=O) groups excluding carboxylic acids is 1. The van der Waals surface area contributed by atoms with Crippen LogP contribution in [0.3, 0.4) is 0 Å². The number of thiophene rings is 1. The fraction of sp³-hybridized carbons (Fsp3) is 0.583. The minimum Gasteiger partial charge on any atom is -0.460 e. The van der Waals surface area contributed by atoms with Crippen LogP contribution in [-0.4, -0.2) is 5.97 Å². The summed E-state index contributed by atoms with van der Waals surface area (Å²) in [6, 6.07) is 3.98. The summed E-state index contributed by atoms with van der Waals surface area (Å²) >= 11 is 1.63. The maximum absolute atomic E-state index is 11.7. The second kappa shape index (κ2) is 5.31. The molecule has 3 heteroatoms. The Morgan fingerprint density at radius 1 is 1.40 bits per heavy atom. The zero-order valence-electron chi connectivity index (χ0n) is 8.78. The van der Waals surface area contributed by atoms with Crippen LogP contribution in [0.4, 0.5) is 0 Å². The summed E-state index contributed by atoms with van der Waals surface area (Å²) in [6.45, 7) is 0.451. The van der Waals surface area contributed by atoms with Gasteiger partial charge in [0.1, 0.15) is 6.61 Å². The lowest BCUT2D eigenvalue weighted by Gasteiger charge is -2.19. The first kappa shape index (κ1) is 10.7. The van der Waals surface area contributed by atoms with Crippen LogP contribution in [0.15, 0.2) is 17.5 Å². The Balaban J connectivity index is 1.76. The van der Waals surface area contributed by atoms with Gasteiger partial charge >= 0.3 is 5.97 Å². The molecule has 2 rings (SSSR count). The molecule has 0 aromatic carbocycles. The first-order chi connectivity index (χ1) is 7.36. The van der Waals surface area contributed by atoms with Crippen molar-refractivity contribution in [2.45, 2.75) is 38.7 Å². The van der Waals surface area contributed by atoms with Crippen molar-refractivity contribution in [3.8, 4) is 0 Å². The topological polar surface area (TPSA) is 26.3 Å². The van der Waals surface area contributed by atoms with Gasteiger partial charge in [0.25, 0.3) is 0 Å². The van der Waals surface area contributed by atoms with Gasteiger partial charge in [-0.05, 0) is 24.3 Å². The van der Waals surface area contributed by atoms with Gasteiger partial charge in [0, 0.05) is 4.88 Å². The molecule has 0 N–H and O–H groups in total. The van der Waals surface area contributed by atoms with Crippen molar-refractivity contribution in [3.05, 3.63) is 22.4 Å². The van der Waals surface area contributed by atoms with Crippen molar-refractivity contribution in [1.82, 2.24) is 0 Å². The molecule has 0 radical (unpaired) electrons. The Labute approximate surface area is 94.3 Å². The summed E-state index contributed by atoms with van der Waals surface area (Å²) in [5.74, 6) is 0.168. The van der Waals surface area contributed by atoms with Crippen LogP contribution in [-0.2, 0) is 16.1 Å². The van der Waals surface area contributed by atoms with E-state index >= 15 is 0 Å². The summed E-state index contributed by atoms with van der Waals surface area (Å²) in [5, 5.41) is 2.00. The van der Waals surface area contributed by atoms with E-state index < -0.39 is 0 Å². The molecule has 0 spiro atoms. The smallest absolute Gasteiger partial charge is 0.309 e. The Bertz CT molecular complexity index is 299. The average Bonchev–Trinajstić information content (AvgIpc) is 2.80. The third kappa shape index (κ3) is 3.06. The monoisotopic (exact) mass is 224 g/mol. The second-order valence-electron chi connectivity index (χ2n) is 4.02. The van der Waals surface area contributed by atoms with Gasteiger partial charge in [0.05, 0.1) is 5.92 Å². The minimum absolute atomic E-state index is 0.00287. The standard InChI is InChI=1S/C12H16O2S/c13-12(10-5-2-1-3-6-10)14-9-11-7-4-8-15-11/h4,7-8,10H,1-3,5-6,9H2. The summed E-state index contributed by atoms with van der Waals surface area (Å²) < 4.78 is 5.30. The average molecular weight is 224 g/mol. The van der Waals surface area contributed by atoms with Gasteiger partial charge in [-0.25, -0.2) is 0 Å². The van der Waals surface area contributed by atoms with Crippen molar-refractivity contribution in [3.63, 3.8) is 0 Å². The van der Waals surface area contributed by atoms with Crippen LogP contribution in [0.5, 0.6) is 0 Å². The van der Waals surface area contributed by atoms with Gasteiger partial charge in [-0.2, -0.15) is 0 Å². The van der Waals surface area contributed by atoms with Crippen LogP contribution in [0, 0.1) is 5.92 Å². The van der Waals surface area contributed by atoms with Crippen molar-refractivity contribution in [1.29, 1.82) is 0 Å². The first-order valence-electron chi connectivity index (χ1n) is 5.55. The fourth-order valence-electron chi connectivity index (χ4n) is 1.99. The Kier molecular flexibility index (Phi) is 3.78. The molecule has 1 aromatic heterocycles. The highest BCUT2D eigenvalue weighted by atomic mass is 32.1. The molecular formula is C12H16O2S. The molecule has 1 heterocycles. The predicted octanol–water partition coefficient (Wildman–Crippen LogP) is 3.37. The SMILES string of the molecule is O=C(OCc1cccs1)C1CCCCC1. The normalized spacial score (nSPS) is 17.6. The van der Waals surface area contributed by atoms with E-state index in [9.17, 15) is 4.79 Å². The van der Waals surface area contributed by atoms with Crippen molar-refractivity contribution in [2.24, 2.45) is 5.92 Å². The molecule has 15 heavy (non-hydrogen) atoms. The highest BCUT2D eigenvalue weighted by Crippen LogP contribution is 2.25. The van der Waals surface area contributed by atoms with Gasteiger partial charge < -0.3 is 4.74 Å². The number of hydrogen-bond acceptors (Lipinski definition) is 3. The van der Waals surface area contributed by atoms with E-state index in [1.54, 1.807) is 11.3 Å². The van der Waals surface area contributed by atoms with Crippen molar-refractivity contribution >= 4 is 17.3 Å². The molecule has 1 aliphatic rings. The summed E-state index contributed by atoms with van der Waals surface area (Å²) in [6.07, 6.45) is 5.67. The Hall–Kier alpha value is -0.830. The molecule has 82 valence electrons. The lowest BCUT2D eigenvalue weighted by molar-refractivity contribution is -0.150. The van der Waals surface area contributed by atoms with E-state index in [2.05, 4.69) is 0 Å². The number of carbonyl (C=O) groups is 1. The van der Waals surface area contributed by atoms with Gasteiger partial charge in [-0.15, -0.1) is 11.3 Å². The maximum atomic E-state index is 11.7. The molecule has 2 nitrogen and oxygen atoms in total. The third-order valence-electron chi connectivity index (χ3n) is 2.88. The van der Waals surface area contributed by atoms with Gasteiger partial charge in [0.2, 0.25) is 0 Å². The Morgan fingerprint density at radius 3 is 2.87 bits per heavy atom. The number of ether oxygens (including phenoxy) is 1. The first-order valence-corrected chi connectivity index (χ1v) is 6.43. The van der Waals surface area contributed by atoms with Crippen LogP contribution in [0.1, 0.15) is 37.0 Å². The second-order valence-corrected chi connectivity index (χ2v) is 5.05. The van der Waals surface area contributed by atoms with Gasteiger partial charge in [0.15, 0.2) is 0 Å². The van der Waals surface area contributed by atoms with E-state index in [1.165, 1.54) is 19.3 Å². The molecule has 0 bridgehead atoms. The molecule has 1 saturated carbocycles. The number of esters is 1. The number of rotatable bonds is 3. The molecule has 1 aromatic rings. The van der Waals surface area contributed by atoms with E-state index in [4.69, 9.17) is 4.74 Å². The van der Waals surface area contributed by atoms with Gasteiger partial charge in [-0.3, -0.25) is 4.79 Å². The molecule has 1 fully saturated rings. The zero-order chi connectivity index (χ0) is 10.5. The van der Waals surface area contributed by atoms with E-state index in [-0.39, 0.29) is 11.9 Å². The van der Waals surface area contributed by atoms with E-state index in [1.807, 2.05) is 17.5 Å². The molecule has 0 saturated heterocycles. The lowest BCUT2D eigenvalue weighted by Crippen LogP contribution is -2.19. The van der Waals surface area contributed by atoms with Crippen molar-refractivity contribution in [2.75, 3.05) is 0 Å². The number of hydrogen-bond donors (Lipinski definition) is 0. The molecule has 0 amide bonds. The maximum Gasteiger partial charge on any atom is 0.309 e. The molecule has 0 aliphatic heterocycles. The molecular weight excluding hydrogens is 208 g/mol. The molecule has 0 atom stereocenters. The lowest BCUT2D eigenvalue weighted by atomic mass is 9.89. The van der Waals surface area contributed by atoms with E-state index in [0.29, 0.717) is 6.61 Å². The quantitative estimate of drug-likeness (QED) is 0.736. The molecule has 1 aliphatic carbocycles. The van der Waals surface area contributed by atoms with Gasteiger partial charge in [-0.1, -0.05) is 25.3 Å².